The first-order valence-corrected chi connectivity index (χ1v) is 9.61. The summed E-state index contributed by atoms with van der Waals surface area (Å²) in [5, 5.41) is 6.44. The number of benzene rings is 2. The Morgan fingerprint density at radius 3 is 2.82 bits per heavy atom. The molecular formula is C23H24N4O. The third kappa shape index (κ3) is 3.74. The van der Waals surface area contributed by atoms with Crippen molar-refractivity contribution in [3.63, 3.8) is 0 Å². The van der Waals surface area contributed by atoms with Gasteiger partial charge in [0.05, 0.1) is 5.54 Å². The monoisotopic (exact) mass is 372 g/mol. The van der Waals surface area contributed by atoms with Crippen molar-refractivity contribution in [3.8, 4) is 0 Å². The molecule has 28 heavy (non-hydrogen) atoms. The van der Waals surface area contributed by atoms with Gasteiger partial charge in [0.1, 0.15) is 0 Å². The van der Waals surface area contributed by atoms with Crippen molar-refractivity contribution in [1.29, 1.82) is 0 Å². The smallest absolute Gasteiger partial charge is 0.252 e. The SMILES string of the molecule is Cc1ccnc(Nc2cccc(C(=O)NC3(C)CCCc4ccccc43)c2)n1. The number of anilines is 2. The van der Waals surface area contributed by atoms with E-state index in [1.807, 2.05) is 43.3 Å². The zero-order valence-electron chi connectivity index (χ0n) is 16.2. The molecule has 142 valence electrons. The van der Waals surface area contributed by atoms with E-state index in [0.29, 0.717) is 11.5 Å². The van der Waals surface area contributed by atoms with Crippen LogP contribution in [0.1, 0.15) is 46.9 Å². The van der Waals surface area contributed by atoms with Crippen LogP contribution in [0, 0.1) is 6.92 Å². The maximum atomic E-state index is 13.0. The lowest BCUT2D eigenvalue weighted by Gasteiger charge is -2.37. The predicted octanol–water partition coefficient (Wildman–Crippen LogP) is 4.51. The van der Waals surface area contributed by atoms with Gasteiger partial charge in [0.15, 0.2) is 0 Å². The summed E-state index contributed by atoms with van der Waals surface area (Å²) in [6.07, 6.45) is 4.78. The standard InChI is InChI=1S/C23H24N4O/c1-16-12-14-24-22(25-16)26-19-10-5-8-18(15-19)21(28)27-23(2)13-6-9-17-7-3-4-11-20(17)23/h3-5,7-8,10-12,14-15H,6,9,13H2,1-2H3,(H,27,28)(H,24,25,26). The third-order valence-corrected chi connectivity index (χ3v) is 5.30. The second-order valence-electron chi connectivity index (χ2n) is 7.52. The lowest BCUT2D eigenvalue weighted by atomic mass is 9.77. The van der Waals surface area contributed by atoms with Gasteiger partial charge < -0.3 is 10.6 Å². The van der Waals surface area contributed by atoms with Crippen LogP contribution in [-0.4, -0.2) is 15.9 Å². The average molecular weight is 372 g/mol. The summed E-state index contributed by atoms with van der Waals surface area (Å²) in [4.78, 5) is 21.6. The van der Waals surface area contributed by atoms with Crippen molar-refractivity contribution in [2.24, 2.45) is 0 Å². The Morgan fingerprint density at radius 2 is 1.96 bits per heavy atom. The quantitative estimate of drug-likeness (QED) is 0.707. The Hall–Kier alpha value is -3.21. The molecule has 2 N–H and O–H groups in total. The molecule has 0 bridgehead atoms. The number of aromatic nitrogens is 2. The zero-order valence-corrected chi connectivity index (χ0v) is 16.2. The third-order valence-electron chi connectivity index (χ3n) is 5.30. The van der Waals surface area contributed by atoms with E-state index >= 15 is 0 Å². The second kappa shape index (κ2) is 7.43. The summed E-state index contributed by atoms with van der Waals surface area (Å²) in [6, 6.07) is 17.7. The fourth-order valence-electron chi connectivity index (χ4n) is 3.87. The first kappa shape index (κ1) is 18.2. The average Bonchev–Trinajstić information content (AvgIpc) is 2.68. The molecule has 0 spiro atoms. The van der Waals surface area contributed by atoms with Crippen LogP contribution in [-0.2, 0) is 12.0 Å². The lowest BCUT2D eigenvalue weighted by Crippen LogP contribution is -2.45. The molecule has 2 aromatic carbocycles. The minimum atomic E-state index is -0.352. The van der Waals surface area contributed by atoms with Gasteiger partial charge >= 0.3 is 0 Å². The molecular weight excluding hydrogens is 348 g/mol. The van der Waals surface area contributed by atoms with Crippen molar-refractivity contribution in [3.05, 3.63) is 83.2 Å². The van der Waals surface area contributed by atoms with Crippen molar-refractivity contribution in [2.75, 3.05) is 5.32 Å². The molecule has 5 heteroatoms. The molecule has 0 fully saturated rings. The highest BCUT2D eigenvalue weighted by molar-refractivity contribution is 5.95. The van der Waals surface area contributed by atoms with Gasteiger partial charge in [-0.25, -0.2) is 9.97 Å². The summed E-state index contributed by atoms with van der Waals surface area (Å²) < 4.78 is 0. The van der Waals surface area contributed by atoms with Crippen molar-refractivity contribution < 1.29 is 4.79 Å². The van der Waals surface area contributed by atoms with Gasteiger partial charge in [-0.1, -0.05) is 30.3 Å². The van der Waals surface area contributed by atoms with Gasteiger partial charge in [-0.05, 0) is 68.5 Å². The van der Waals surface area contributed by atoms with Crippen molar-refractivity contribution in [2.45, 2.75) is 38.6 Å². The van der Waals surface area contributed by atoms with E-state index in [2.05, 4.69) is 45.7 Å². The number of nitrogens with zero attached hydrogens (tertiary/aromatic N) is 2. The molecule has 1 atom stereocenters. The highest BCUT2D eigenvalue weighted by Crippen LogP contribution is 2.35. The lowest BCUT2D eigenvalue weighted by molar-refractivity contribution is 0.0895. The number of carbonyl (C=O) groups is 1. The van der Waals surface area contributed by atoms with E-state index in [1.54, 1.807) is 6.20 Å². The van der Waals surface area contributed by atoms with Crippen LogP contribution in [0.15, 0.2) is 60.8 Å². The van der Waals surface area contributed by atoms with Crippen LogP contribution < -0.4 is 10.6 Å². The van der Waals surface area contributed by atoms with Gasteiger partial charge in [0, 0.05) is 23.1 Å². The van der Waals surface area contributed by atoms with Crippen LogP contribution in [0.5, 0.6) is 0 Å². The number of amides is 1. The van der Waals surface area contributed by atoms with Crippen LogP contribution in [0.4, 0.5) is 11.6 Å². The number of carbonyl (C=O) groups excluding carboxylic acids is 1. The van der Waals surface area contributed by atoms with E-state index in [-0.39, 0.29) is 11.4 Å². The Labute approximate surface area is 165 Å². The van der Waals surface area contributed by atoms with Gasteiger partial charge in [0.2, 0.25) is 5.95 Å². The van der Waals surface area contributed by atoms with Gasteiger partial charge in [-0.2, -0.15) is 0 Å². The summed E-state index contributed by atoms with van der Waals surface area (Å²) in [7, 11) is 0. The van der Waals surface area contributed by atoms with Crippen molar-refractivity contribution in [1.82, 2.24) is 15.3 Å². The number of rotatable bonds is 4. The fourth-order valence-corrected chi connectivity index (χ4v) is 3.87. The van der Waals surface area contributed by atoms with Crippen LogP contribution in [0.25, 0.3) is 0 Å². The summed E-state index contributed by atoms with van der Waals surface area (Å²) >= 11 is 0. The van der Waals surface area contributed by atoms with Crippen LogP contribution in [0.2, 0.25) is 0 Å². The molecule has 0 aliphatic heterocycles. The number of hydrogen-bond acceptors (Lipinski definition) is 4. The highest BCUT2D eigenvalue weighted by Gasteiger charge is 2.33. The number of fused-ring (bicyclic) bond motifs is 1. The predicted molar refractivity (Wildman–Crippen MR) is 111 cm³/mol. The largest absolute Gasteiger partial charge is 0.343 e. The van der Waals surface area contributed by atoms with Gasteiger partial charge in [-0.3, -0.25) is 4.79 Å². The molecule has 3 aromatic rings. The Bertz CT molecular complexity index is 1020. The molecule has 5 nitrogen and oxygen atoms in total. The fraction of sp³-hybridized carbons (Fsp3) is 0.261. The topological polar surface area (TPSA) is 66.9 Å². The number of aryl methyl sites for hydroxylation is 2. The maximum Gasteiger partial charge on any atom is 0.252 e. The normalized spacial score (nSPS) is 18.2. The van der Waals surface area contributed by atoms with Crippen LogP contribution in [0.3, 0.4) is 0 Å². The number of hydrogen-bond donors (Lipinski definition) is 2. The molecule has 1 aliphatic rings. The first-order chi connectivity index (χ1) is 13.5. The molecule has 0 saturated carbocycles. The molecule has 4 rings (SSSR count). The summed E-state index contributed by atoms with van der Waals surface area (Å²) in [6.45, 7) is 4.03. The first-order valence-electron chi connectivity index (χ1n) is 9.61. The van der Waals surface area contributed by atoms with E-state index in [9.17, 15) is 4.79 Å². The van der Waals surface area contributed by atoms with Crippen molar-refractivity contribution >= 4 is 17.5 Å². The molecule has 1 aliphatic carbocycles. The van der Waals surface area contributed by atoms with E-state index in [0.717, 1.165) is 30.6 Å². The summed E-state index contributed by atoms with van der Waals surface area (Å²) in [5.74, 6) is 0.443. The number of nitrogens with one attached hydrogen (secondary N) is 2. The second-order valence-corrected chi connectivity index (χ2v) is 7.52. The van der Waals surface area contributed by atoms with E-state index in [4.69, 9.17) is 0 Å². The minimum Gasteiger partial charge on any atom is -0.343 e. The molecule has 0 saturated heterocycles. The highest BCUT2D eigenvalue weighted by atomic mass is 16.1. The van der Waals surface area contributed by atoms with Gasteiger partial charge in [-0.15, -0.1) is 0 Å². The molecule has 1 heterocycles. The molecule has 1 amide bonds. The minimum absolute atomic E-state index is 0.0759. The molecule has 1 unspecified atom stereocenters. The summed E-state index contributed by atoms with van der Waals surface area (Å²) in [5.41, 5.74) is 4.47. The van der Waals surface area contributed by atoms with E-state index < -0.39 is 0 Å². The molecule has 0 radical (unpaired) electrons. The zero-order chi connectivity index (χ0) is 19.6. The van der Waals surface area contributed by atoms with E-state index in [1.165, 1.54) is 11.1 Å². The maximum absolute atomic E-state index is 13.0. The molecule has 1 aromatic heterocycles. The van der Waals surface area contributed by atoms with Gasteiger partial charge in [0.25, 0.3) is 5.91 Å². The van der Waals surface area contributed by atoms with Crippen LogP contribution >= 0.6 is 0 Å². The Kier molecular flexibility index (Phi) is 4.82. The Balaban J connectivity index is 1.54. The Morgan fingerprint density at radius 1 is 1.11 bits per heavy atom.